The molecule has 0 aliphatic carbocycles. The monoisotopic (exact) mass is 273 g/mol. The van der Waals surface area contributed by atoms with E-state index in [1.54, 1.807) is 12.1 Å². The second-order valence-electron chi connectivity index (χ2n) is 4.36. The fraction of sp³-hybridized carbons (Fsp3) is 0.143. The average Bonchev–Trinajstić information content (AvgIpc) is 2.88. The number of nitrogens with one attached hydrogen (secondary N) is 2. The molecule has 0 atom stereocenters. The Kier molecular flexibility index (Phi) is 3.09. The predicted octanol–water partition coefficient (Wildman–Crippen LogP) is 2.96. The molecule has 3 rings (SSSR count). The summed E-state index contributed by atoms with van der Waals surface area (Å²) in [6.45, 7) is 0.930. The summed E-state index contributed by atoms with van der Waals surface area (Å²) in [6, 6.07) is 9.03. The fourth-order valence-corrected chi connectivity index (χ4v) is 2.20. The highest BCUT2D eigenvalue weighted by atomic mass is 35.5. The van der Waals surface area contributed by atoms with Gasteiger partial charge in [-0.3, -0.25) is 4.79 Å². The quantitative estimate of drug-likeness (QED) is 0.884. The number of carbonyl (C=O) groups is 1. The van der Waals surface area contributed by atoms with Gasteiger partial charge in [-0.15, -0.1) is 0 Å². The number of carbonyl (C=O) groups excluding carboxylic acids is 1. The van der Waals surface area contributed by atoms with Gasteiger partial charge in [-0.05, 0) is 42.3 Å². The summed E-state index contributed by atoms with van der Waals surface area (Å²) >= 11 is 5.75. The van der Waals surface area contributed by atoms with Crippen molar-refractivity contribution in [2.45, 2.75) is 6.42 Å². The van der Waals surface area contributed by atoms with Crippen molar-refractivity contribution in [1.29, 1.82) is 0 Å². The van der Waals surface area contributed by atoms with Gasteiger partial charge >= 0.3 is 0 Å². The molecule has 2 aromatic rings. The first kappa shape index (κ1) is 12.0. The number of rotatable bonds is 2. The lowest BCUT2D eigenvalue weighted by Gasteiger charge is -2.06. The summed E-state index contributed by atoms with van der Waals surface area (Å²) in [4.78, 5) is 16.1. The predicted molar refractivity (Wildman–Crippen MR) is 75.8 cm³/mol. The van der Waals surface area contributed by atoms with Crippen LogP contribution in [0.3, 0.4) is 0 Å². The average molecular weight is 274 g/mol. The largest absolute Gasteiger partial charge is 0.384 e. The molecular weight excluding hydrogens is 262 g/mol. The SMILES string of the molecule is O=C(Nc1ccc(Cl)cn1)c1ccc2c(c1)CCN2. The Morgan fingerprint density at radius 3 is 3.00 bits per heavy atom. The molecule has 0 unspecified atom stereocenters. The van der Waals surface area contributed by atoms with E-state index in [0.29, 0.717) is 16.4 Å². The van der Waals surface area contributed by atoms with Gasteiger partial charge in [0, 0.05) is 24.0 Å². The number of aromatic nitrogens is 1. The summed E-state index contributed by atoms with van der Waals surface area (Å²) in [5.41, 5.74) is 2.93. The zero-order chi connectivity index (χ0) is 13.2. The Hall–Kier alpha value is -2.07. The number of hydrogen-bond acceptors (Lipinski definition) is 3. The molecule has 0 saturated carbocycles. The summed E-state index contributed by atoms with van der Waals surface area (Å²) in [6.07, 6.45) is 2.46. The highest BCUT2D eigenvalue weighted by Gasteiger charge is 2.13. The number of halogens is 1. The molecule has 0 radical (unpaired) electrons. The molecule has 0 saturated heterocycles. The highest BCUT2D eigenvalue weighted by molar-refractivity contribution is 6.30. The van der Waals surface area contributed by atoms with Crippen LogP contribution in [0.15, 0.2) is 36.5 Å². The van der Waals surface area contributed by atoms with Crippen molar-refractivity contribution >= 4 is 29.0 Å². The first-order valence-electron chi connectivity index (χ1n) is 6.02. The maximum atomic E-state index is 12.1. The molecular formula is C14H12ClN3O. The third-order valence-electron chi connectivity index (χ3n) is 3.05. The summed E-state index contributed by atoms with van der Waals surface area (Å²) in [7, 11) is 0. The van der Waals surface area contributed by atoms with Gasteiger partial charge in [0.25, 0.3) is 5.91 Å². The molecule has 2 N–H and O–H groups in total. The Morgan fingerprint density at radius 1 is 1.32 bits per heavy atom. The molecule has 0 spiro atoms. The molecule has 1 aliphatic heterocycles. The van der Waals surface area contributed by atoms with E-state index in [2.05, 4.69) is 15.6 Å². The van der Waals surface area contributed by atoms with Crippen LogP contribution in [0.1, 0.15) is 15.9 Å². The van der Waals surface area contributed by atoms with Crippen LogP contribution in [-0.2, 0) is 6.42 Å². The molecule has 4 nitrogen and oxygen atoms in total. The third-order valence-corrected chi connectivity index (χ3v) is 3.27. The van der Waals surface area contributed by atoms with Crippen LogP contribution in [0.2, 0.25) is 5.02 Å². The van der Waals surface area contributed by atoms with E-state index >= 15 is 0 Å². The Balaban J connectivity index is 1.78. The van der Waals surface area contributed by atoms with Crippen LogP contribution in [0, 0.1) is 0 Å². The minimum absolute atomic E-state index is 0.162. The van der Waals surface area contributed by atoms with Gasteiger partial charge in [0.2, 0.25) is 0 Å². The van der Waals surface area contributed by atoms with Gasteiger partial charge < -0.3 is 10.6 Å². The number of benzene rings is 1. The molecule has 0 bridgehead atoms. The summed E-state index contributed by atoms with van der Waals surface area (Å²) in [5, 5.41) is 6.55. The van der Waals surface area contributed by atoms with Crippen LogP contribution in [0.4, 0.5) is 11.5 Å². The molecule has 19 heavy (non-hydrogen) atoms. The van der Waals surface area contributed by atoms with E-state index in [1.165, 1.54) is 11.8 Å². The maximum Gasteiger partial charge on any atom is 0.256 e. The van der Waals surface area contributed by atoms with Crippen LogP contribution in [0.25, 0.3) is 0 Å². The van der Waals surface area contributed by atoms with E-state index in [4.69, 9.17) is 11.6 Å². The van der Waals surface area contributed by atoms with Gasteiger partial charge in [0.1, 0.15) is 5.82 Å². The number of nitrogens with zero attached hydrogens (tertiary/aromatic N) is 1. The maximum absolute atomic E-state index is 12.1. The van der Waals surface area contributed by atoms with E-state index in [0.717, 1.165) is 18.7 Å². The van der Waals surface area contributed by atoms with Crippen molar-refractivity contribution in [1.82, 2.24) is 4.98 Å². The lowest BCUT2D eigenvalue weighted by molar-refractivity contribution is 0.102. The molecule has 1 aromatic carbocycles. The number of fused-ring (bicyclic) bond motifs is 1. The fourth-order valence-electron chi connectivity index (χ4n) is 2.08. The number of pyridine rings is 1. The normalized spacial score (nSPS) is 12.7. The molecule has 1 aromatic heterocycles. The van der Waals surface area contributed by atoms with Crippen molar-refractivity contribution in [2.75, 3.05) is 17.2 Å². The van der Waals surface area contributed by atoms with Crippen LogP contribution >= 0.6 is 11.6 Å². The Labute approximate surface area is 115 Å². The number of hydrogen-bond donors (Lipinski definition) is 2. The zero-order valence-corrected chi connectivity index (χ0v) is 10.9. The Bertz CT molecular complexity index is 625. The van der Waals surface area contributed by atoms with Crippen molar-refractivity contribution in [3.63, 3.8) is 0 Å². The van der Waals surface area contributed by atoms with Gasteiger partial charge in [0.05, 0.1) is 5.02 Å². The van der Waals surface area contributed by atoms with Crippen molar-refractivity contribution < 1.29 is 4.79 Å². The van der Waals surface area contributed by atoms with Crippen molar-refractivity contribution in [2.24, 2.45) is 0 Å². The summed E-state index contributed by atoms with van der Waals surface area (Å²) in [5.74, 6) is 0.331. The molecule has 0 fully saturated rings. The standard InChI is InChI=1S/C14H12ClN3O/c15-11-2-4-13(17-8-11)18-14(19)10-1-3-12-9(7-10)5-6-16-12/h1-4,7-8,16H,5-6H2,(H,17,18,19). The van der Waals surface area contributed by atoms with E-state index in [1.807, 2.05) is 18.2 Å². The van der Waals surface area contributed by atoms with E-state index in [-0.39, 0.29) is 5.91 Å². The van der Waals surface area contributed by atoms with Gasteiger partial charge in [-0.2, -0.15) is 0 Å². The van der Waals surface area contributed by atoms with Crippen LogP contribution in [0.5, 0.6) is 0 Å². The number of anilines is 2. The van der Waals surface area contributed by atoms with Gasteiger partial charge in [-0.25, -0.2) is 4.98 Å². The summed E-state index contributed by atoms with van der Waals surface area (Å²) < 4.78 is 0. The van der Waals surface area contributed by atoms with Crippen LogP contribution in [-0.4, -0.2) is 17.4 Å². The zero-order valence-electron chi connectivity index (χ0n) is 10.1. The van der Waals surface area contributed by atoms with E-state index in [9.17, 15) is 4.79 Å². The lowest BCUT2D eigenvalue weighted by atomic mass is 10.1. The van der Waals surface area contributed by atoms with Crippen LogP contribution < -0.4 is 10.6 Å². The van der Waals surface area contributed by atoms with E-state index < -0.39 is 0 Å². The highest BCUT2D eigenvalue weighted by Crippen LogP contribution is 2.23. The molecule has 96 valence electrons. The molecule has 2 heterocycles. The van der Waals surface area contributed by atoms with Gasteiger partial charge in [-0.1, -0.05) is 11.6 Å². The molecule has 1 amide bonds. The topological polar surface area (TPSA) is 54.0 Å². The number of amides is 1. The Morgan fingerprint density at radius 2 is 2.21 bits per heavy atom. The second-order valence-corrected chi connectivity index (χ2v) is 4.80. The third kappa shape index (κ3) is 2.53. The second kappa shape index (κ2) is 4.90. The minimum Gasteiger partial charge on any atom is -0.384 e. The molecule has 1 aliphatic rings. The smallest absolute Gasteiger partial charge is 0.256 e. The molecule has 5 heteroatoms. The van der Waals surface area contributed by atoms with Gasteiger partial charge in [0.15, 0.2) is 0 Å². The van der Waals surface area contributed by atoms with Crippen molar-refractivity contribution in [3.05, 3.63) is 52.7 Å². The minimum atomic E-state index is -0.162. The lowest BCUT2D eigenvalue weighted by Crippen LogP contribution is -2.13. The first-order valence-corrected chi connectivity index (χ1v) is 6.40. The van der Waals surface area contributed by atoms with Crippen molar-refractivity contribution in [3.8, 4) is 0 Å². The first-order chi connectivity index (χ1) is 9.22.